The molecule has 1 atom stereocenters. The number of nitrogens with zero attached hydrogens (tertiary/aromatic N) is 1. The lowest BCUT2D eigenvalue weighted by atomic mass is 9.95. The van der Waals surface area contributed by atoms with Crippen LogP contribution < -0.4 is 5.73 Å². The van der Waals surface area contributed by atoms with Gasteiger partial charge in [-0.25, -0.2) is 4.98 Å². The van der Waals surface area contributed by atoms with Gasteiger partial charge in [0.25, 0.3) is 0 Å². The van der Waals surface area contributed by atoms with E-state index in [2.05, 4.69) is 43.1 Å². The van der Waals surface area contributed by atoms with Crippen molar-refractivity contribution >= 4 is 11.3 Å². The third-order valence-corrected chi connectivity index (χ3v) is 4.08. The molecule has 1 heterocycles. The Kier molecular flexibility index (Phi) is 3.60. The lowest BCUT2D eigenvalue weighted by molar-refractivity contribution is 0.450. The number of hydrogen-bond donors (Lipinski definition) is 1. The van der Waals surface area contributed by atoms with Crippen molar-refractivity contribution in [2.45, 2.75) is 32.2 Å². The molecule has 2 rings (SSSR count). The molecule has 3 heteroatoms. The fourth-order valence-corrected chi connectivity index (χ4v) is 2.63. The minimum absolute atomic E-state index is 0.325. The molecule has 2 nitrogen and oxygen atoms in total. The third kappa shape index (κ3) is 3.14. The van der Waals surface area contributed by atoms with Gasteiger partial charge in [0.2, 0.25) is 0 Å². The smallest absolute Gasteiger partial charge is 0.112 e. The molecule has 17 heavy (non-hydrogen) atoms. The van der Waals surface area contributed by atoms with Crippen molar-refractivity contribution < 1.29 is 0 Å². The summed E-state index contributed by atoms with van der Waals surface area (Å²) in [4.78, 5) is 5.61. The van der Waals surface area contributed by atoms with Gasteiger partial charge in [0, 0.05) is 11.1 Å². The van der Waals surface area contributed by atoms with Gasteiger partial charge in [0.15, 0.2) is 0 Å². The Hall–Kier alpha value is -1.19. The largest absolute Gasteiger partial charge is 0.320 e. The first-order chi connectivity index (χ1) is 8.08. The molecule has 0 aliphatic carbocycles. The van der Waals surface area contributed by atoms with Gasteiger partial charge in [-0.2, -0.15) is 0 Å². The van der Waals surface area contributed by atoms with Crippen LogP contribution in [0, 0.1) is 6.92 Å². The number of aromatic nitrogens is 1. The Balaban J connectivity index is 2.03. The highest BCUT2D eigenvalue weighted by atomic mass is 32.1. The van der Waals surface area contributed by atoms with Crippen molar-refractivity contribution in [3.05, 3.63) is 52.0 Å². The molecule has 0 aliphatic rings. The molecule has 0 saturated heterocycles. The van der Waals surface area contributed by atoms with E-state index >= 15 is 0 Å². The van der Waals surface area contributed by atoms with Gasteiger partial charge in [0.05, 0.1) is 5.54 Å². The summed E-state index contributed by atoms with van der Waals surface area (Å²) in [6, 6.07) is 10.5. The highest BCUT2D eigenvalue weighted by Gasteiger charge is 2.24. The number of aryl methyl sites for hydroxylation is 2. The van der Waals surface area contributed by atoms with E-state index < -0.39 is 0 Å². The van der Waals surface area contributed by atoms with Gasteiger partial charge in [-0.05, 0) is 32.3 Å². The van der Waals surface area contributed by atoms with Crippen LogP contribution in [0.25, 0.3) is 0 Å². The topological polar surface area (TPSA) is 38.9 Å². The predicted molar refractivity (Wildman–Crippen MR) is 73.2 cm³/mol. The molecule has 0 spiro atoms. The molecule has 1 aromatic heterocycles. The summed E-state index contributed by atoms with van der Waals surface area (Å²) in [5, 5.41) is 1.03. The molecular formula is C14H18N2S. The highest BCUT2D eigenvalue weighted by Crippen LogP contribution is 2.27. The zero-order chi connectivity index (χ0) is 12.3. The summed E-state index contributed by atoms with van der Waals surface area (Å²) < 4.78 is 0. The summed E-state index contributed by atoms with van der Waals surface area (Å²) in [7, 11) is 0. The number of benzene rings is 1. The van der Waals surface area contributed by atoms with Crippen LogP contribution in [-0.2, 0) is 12.0 Å². The van der Waals surface area contributed by atoms with Crippen LogP contribution in [0.4, 0.5) is 0 Å². The SMILES string of the molecule is Cc1cnc(C(C)(N)CCc2ccccc2)s1. The summed E-state index contributed by atoms with van der Waals surface area (Å²) >= 11 is 1.69. The third-order valence-electron chi connectivity index (χ3n) is 2.89. The zero-order valence-electron chi connectivity index (χ0n) is 10.3. The van der Waals surface area contributed by atoms with Crippen LogP contribution in [0.5, 0.6) is 0 Å². The molecule has 0 fully saturated rings. The molecular weight excluding hydrogens is 228 g/mol. The summed E-state index contributed by atoms with van der Waals surface area (Å²) in [6.07, 6.45) is 3.81. The maximum absolute atomic E-state index is 6.35. The van der Waals surface area contributed by atoms with Crippen LogP contribution in [0.1, 0.15) is 28.8 Å². The van der Waals surface area contributed by atoms with E-state index in [1.807, 2.05) is 12.3 Å². The van der Waals surface area contributed by atoms with Crippen LogP contribution in [-0.4, -0.2) is 4.98 Å². The second-order valence-electron chi connectivity index (χ2n) is 4.68. The second-order valence-corrected chi connectivity index (χ2v) is 5.91. The average molecular weight is 246 g/mol. The molecule has 2 aromatic rings. The molecule has 1 aromatic carbocycles. The Bertz CT molecular complexity index is 474. The fraction of sp³-hybridized carbons (Fsp3) is 0.357. The van der Waals surface area contributed by atoms with E-state index in [1.165, 1.54) is 10.4 Å². The maximum Gasteiger partial charge on any atom is 0.112 e. The minimum Gasteiger partial charge on any atom is -0.320 e. The number of hydrogen-bond acceptors (Lipinski definition) is 3. The summed E-state index contributed by atoms with van der Waals surface area (Å²) in [5.74, 6) is 0. The molecule has 0 saturated carbocycles. The molecule has 0 bridgehead atoms. The lowest BCUT2D eigenvalue weighted by Gasteiger charge is -2.21. The first-order valence-corrected chi connectivity index (χ1v) is 6.65. The van der Waals surface area contributed by atoms with Gasteiger partial charge >= 0.3 is 0 Å². The van der Waals surface area contributed by atoms with Gasteiger partial charge in [-0.1, -0.05) is 30.3 Å². The Morgan fingerprint density at radius 1 is 1.29 bits per heavy atom. The molecule has 0 amide bonds. The molecule has 0 radical (unpaired) electrons. The van der Waals surface area contributed by atoms with E-state index in [0.717, 1.165) is 17.8 Å². The van der Waals surface area contributed by atoms with Crippen LogP contribution in [0.3, 0.4) is 0 Å². The van der Waals surface area contributed by atoms with Gasteiger partial charge in [0.1, 0.15) is 5.01 Å². The van der Waals surface area contributed by atoms with Crippen molar-refractivity contribution in [1.29, 1.82) is 0 Å². The standard InChI is InChI=1S/C14H18N2S/c1-11-10-16-13(17-11)14(2,15)9-8-12-6-4-3-5-7-12/h3-7,10H,8-9,15H2,1-2H3. The Morgan fingerprint density at radius 2 is 2.00 bits per heavy atom. The van der Waals surface area contributed by atoms with Crippen molar-refractivity contribution in [1.82, 2.24) is 4.98 Å². The Labute approximate surface area is 107 Å². The van der Waals surface area contributed by atoms with Crippen LogP contribution in [0.2, 0.25) is 0 Å². The highest BCUT2D eigenvalue weighted by molar-refractivity contribution is 7.11. The zero-order valence-corrected chi connectivity index (χ0v) is 11.1. The minimum atomic E-state index is -0.325. The van der Waals surface area contributed by atoms with E-state index in [-0.39, 0.29) is 5.54 Å². The predicted octanol–water partition coefficient (Wildman–Crippen LogP) is 3.26. The molecule has 90 valence electrons. The van der Waals surface area contributed by atoms with Crippen LogP contribution >= 0.6 is 11.3 Å². The Morgan fingerprint density at radius 3 is 2.59 bits per heavy atom. The van der Waals surface area contributed by atoms with Gasteiger partial charge in [-0.15, -0.1) is 11.3 Å². The number of thiazole rings is 1. The summed E-state index contributed by atoms with van der Waals surface area (Å²) in [5.41, 5.74) is 7.35. The van der Waals surface area contributed by atoms with E-state index in [0.29, 0.717) is 0 Å². The molecule has 2 N–H and O–H groups in total. The van der Waals surface area contributed by atoms with Gasteiger partial charge in [-0.3, -0.25) is 0 Å². The average Bonchev–Trinajstić information content (AvgIpc) is 2.76. The maximum atomic E-state index is 6.35. The van der Waals surface area contributed by atoms with Crippen molar-refractivity contribution in [2.75, 3.05) is 0 Å². The van der Waals surface area contributed by atoms with Crippen molar-refractivity contribution in [3.8, 4) is 0 Å². The fourth-order valence-electron chi connectivity index (χ4n) is 1.77. The number of rotatable bonds is 4. The van der Waals surface area contributed by atoms with Crippen molar-refractivity contribution in [3.63, 3.8) is 0 Å². The monoisotopic (exact) mass is 246 g/mol. The second kappa shape index (κ2) is 4.98. The van der Waals surface area contributed by atoms with Gasteiger partial charge < -0.3 is 5.73 Å². The lowest BCUT2D eigenvalue weighted by Crippen LogP contribution is -2.33. The van der Waals surface area contributed by atoms with Crippen LogP contribution in [0.15, 0.2) is 36.5 Å². The van der Waals surface area contributed by atoms with E-state index in [9.17, 15) is 0 Å². The quantitative estimate of drug-likeness (QED) is 0.899. The van der Waals surface area contributed by atoms with E-state index in [4.69, 9.17) is 5.73 Å². The molecule has 0 aliphatic heterocycles. The normalized spacial score (nSPS) is 14.5. The first kappa shape index (κ1) is 12.3. The number of nitrogens with two attached hydrogens (primary N) is 1. The van der Waals surface area contributed by atoms with Crippen molar-refractivity contribution in [2.24, 2.45) is 5.73 Å². The van der Waals surface area contributed by atoms with E-state index in [1.54, 1.807) is 11.3 Å². The molecule has 1 unspecified atom stereocenters. The first-order valence-electron chi connectivity index (χ1n) is 5.84. The summed E-state index contributed by atoms with van der Waals surface area (Å²) in [6.45, 7) is 4.13.